The largest absolute Gasteiger partial charge is 0.462 e. The summed E-state index contributed by atoms with van der Waals surface area (Å²) in [6.07, 6.45) is 41.1. The number of nitrogens with zero attached hydrogens (tertiary/aromatic N) is 1. The van der Waals surface area contributed by atoms with Crippen LogP contribution in [0.2, 0.25) is 0 Å². The molecule has 0 saturated heterocycles. The number of nitrogens with one attached hydrogen (secondary N) is 1. The number of hydrogen-bond acceptors (Lipinski definition) is 7. The standard InChI is InChI=1S/C46H86N2O5S/c1-5-9-11-13-15-17-19-21-23-25-27-29-31-33-35-37-44(49)51-41-43(53-46(54)47-39-40-48(7-3)8-4)42-52-45(50)38-36-34-32-30-28-26-24-22-20-18-16-14-12-10-6-2/h21-24,43H,5-20,25-42H2,1-4H3,(H,47,54). The van der Waals surface area contributed by atoms with Crippen molar-refractivity contribution in [1.29, 1.82) is 0 Å². The van der Waals surface area contributed by atoms with E-state index in [1.54, 1.807) is 0 Å². The van der Waals surface area contributed by atoms with Gasteiger partial charge in [-0.2, -0.15) is 0 Å². The molecule has 1 N–H and O–H groups in total. The number of thiocarbonyl (C=S) groups is 1. The van der Waals surface area contributed by atoms with Crippen LogP contribution in [0.15, 0.2) is 24.3 Å². The van der Waals surface area contributed by atoms with E-state index in [-0.39, 0.29) is 30.3 Å². The van der Waals surface area contributed by atoms with Gasteiger partial charge in [0, 0.05) is 25.9 Å². The molecule has 0 rings (SSSR count). The molecular weight excluding hydrogens is 693 g/mol. The quantitative estimate of drug-likeness (QED) is 0.0285. The Morgan fingerprint density at radius 2 is 0.889 bits per heavy atom. The maximum absolute atomic E-state index is 12.5. The van der Waals surface area contributed by atoms with Crippen LogP contribution in [-0.2, 0) is 23.8 Å². The highest BCUT2D eigenvalue weighted by atomic mass is 32.1. The number of esters is 2. The molecule has 0 atom stereocenters. The molecule has 54 heavy (non-hydrogen) atoms. The fourth-order valence-corrected chi connectivity index (χ4v) is 6.60. The molecule has 0 spiro atoms. The molecule has 0 saturated carbocycles. The first-order chi connectivity index (χ1) is 26.5. The monoisotopic (exact) mass is 779 g/mol. The van der Waals surface area contributed by atoms with Crippen LogP contribution >= 0.6 is 12.2 Å². The Hall–Kier alpha value is -1.93. The number of hydrogen-bond donors (Lipinski definition) is 1. The number of ether oxygens (including phenoxy) is 3. The van der Waals surface area contributed by atoms with Crippen LogP contribution in [0.3, 0.4) is 0 Å². The van der Waals surface area contributed by atoms with E-state index in [0.29, 0.717) is 19.4 Å². The van der Waals surface area contributed by atoms with E-state index >= 15 is 0 Å². The molecule has 0 aliphatic carbocycles. The first-order valence-corrected chi connectivity index (χ1v) is 23.1. The zero-order valence-electron chi connectivity index (χ0n) is 35.8. The number of likely N-dealkylation sites (N-methyl/N-ethyl adjacent to an activating group) is 1. The molecule has 0 heterocycles. The molecule has 0 aliphatic heterocycles. The molecule has 0 aromatic heterocycles. The molecule has 0 aromatic carbocycles. The molecule has 0 unspecified atom stereocenters. The highest BCUT2D eigenvalue weighted by Crippen LogP contribution is 2.13. The van der Waals surface area contributed by atoms with Gasteiger partial charge in [-0.3, -0.25) is 9.59 Å². The third-order valence-corrected chi connectivity index (χ3v) is 10.3. The highest BCUT2D eigenvalue weighted by molar-refractivity contribution is 7.80. The topological polar surface area (TPSA) is 77.1 Å². The molecule has 7 nitrogen and oxygen atoms in total. The first kappa shape index (κ1) is 52.1. The summed E-state index contributed by atoms with van der Waals surface area (Å²) in [7, 11) is 0. The van der Waals surface area contributed by atoms with Crippen molar-refractivity contribution < 1.29 is 23.8 Å². The summed E-state index contributed by atoms with van der Waals surface area (Å²) >= 11 is 5.42. The summed E-state index contributed by atoms with van der Waals surface area (Å²) in [4.78, 5) is 27.4. The van der Waals surface area contributed by atoms with Crippen molar-refractivity contribution in [2.45, 2.75) is 214 Å². The second-order valence-corrected chi connectivity index (χ2v) is 15.4. The minimum Gasteiger partial charge on any atom is -0.462 e. The van der Waals surface area contributed by atoms with Crippen LogP contribution in [0.4, 0.5) is 0 Å². The van der Waals surface area contributed by atoms with Gasteiger partial charge >= 0.3 is 11.9 Å². The Bertz CT molecular complexity index is 852. The van der Waals surface area contributed by atoms with Crippen molar-refractivity contribution >= 4 is 29.3 Å². The second kappa shape index (κ2) is 42.2. The van der Waals surface area contributed by atoms with Gasteiger partial charge in [0.25, 0.3) is 5.17 Å². The van der Waals surface area contributed by atoms with Crippen molar-refractivity contribution in [3.63, 3.8) is 0 Å². The molecular formula is C46H86N2O5S. The SMILES string of the molecule is CCCCCCCCC=CCCCCCCCC(=O)OCC(COC(=O)CCCCCCCC=CCCCCCCCC)OC(=S)NCCN(CC)CC. The fourth-order valence-electron chi connectivity index (χ4n) is 6.36. The molecule has 0 bridgehead atoms. The lowest BCUT2D eigenvalue weighted by molar-refractivity contribution is -0.151. The number of carbonyl (C=O) groups is 2. The Balaban J connectivity index is 4.27. The Labute approximate surface area is 339 Å². The zero-order chi connectivity index (χ0) is 39.6. The lowest BCUT2D eigenvalue weighted by Crippen LogP contribution is -2.38. The van der Waals surface area contributed by atoms with Crippen LogP contribution in [0.25, 0.3) is 0 Å². The number of allylic oxidation sites excluding steroid dienone is 4. The van der Waals surface area contributed by atoms with Crippen molar-refractivity contribution in [2.24, 2.45) is 0 Å². The van der Waals surface area contributed by atoms with Gasteiger partial charge in [-0.15, -0.1) is 0 Å². The van der Waals surface area contributed by atoms with Crippen molar-refractivity contribution in [3.05, 3.63) is 24.3 Å². The van der Waals surface area contributed by atoms with Crippen LogP contribution in [0.5, 0.6) is 0 Å². The second-order valence-electron chi connectivity index (χ2n) is 15.0. The van der Waals surface area contributed by atoms with Gasteiger partial charge in [-0.1, -0.05) is 155 Å². The summed E-state index contributed by atoms with van der Waals surface area (Å²) in [6.45, 7) is 12.2. The molecule has 0 fully saturated rings. The van der Waals surface area contributed by atoms with Gasteiger partial charge in [0.15, 0.2) is 6.10 Å². The molecule has 316 valence electrons. The molecule has 0 amide bonds. The Morgan fingerprint density at radius 1 is 0.537 bits per heavy atom. The van der Waals surface area contributed by atoms with Gasteiger partial charge in [-0.25, -0.2) is 0 Å². The first-order valence-electron chi connectivity index (χ1n) is 22.7. The summed E-state index contributed by atoms with van der Waals surface area (Å²) in [5.74, 6) is -0.498. The predicted molar refractivity (Wildman–Crippen MR) is 234 cm³/mol. The molecule has 0 radical (unpaired) electrons. The third kappa shape index (κ3) is 38.3. The van der Waals surface area contributed by atoms with Crippen LogP contribution in [-0.4, -0.2) is 67.5 Å². The van der Waals surface area contributed by atoms with Crippen molar-refractivity contribution in [1.82, 2.24) is 10.2 Å². The maximum atomic E-state index is 12.5. The molecule has 0 aliphatic rings. The van der Waals surface area contributed by atoms with Gasteiger partial charge in [0.05, 0.1) is 0 Å². The smallest absolute Gasteiger partial charge is 0.305 e. The van der Waals surface area contributed by atoms with E-state index in [2.05, 4.69) is 62.2 Å². The summed E-state index contributed by atoms with van der Waals surface area (Å²) in [6, 6.07) is 0. The highest BCUT2D eigenvalue weighted by Gasteiger charge is 2.18. The Morgan fingerprint density at radius 3 is 1.26 bits per heavy atom. The minimum absolute atomic E-state index is 0.00244. The van der Waals surface area contributed by atoms with Crippen LogP contribution < -0.4 is 5.32 Å². The van der Waals surface area contributed by atoms with Crippen LogP contribution in [0.1, 0.15) is 207 Å². The summed E-state index contributed by atoms with van der Waals surface area (Å²) in [5.41, 5.74) is 0. The molecule has 0 aromatic rings. The lowest BCUT2D eigenvalue weighted by atomic mass is 10.1. The van der Waals surface area contributed by atoms with E-state index < -0.39 is 6.10 Å². The molecule has 8 heteroatoms. The van der Waals surface area contributed by atoms with Gasteiger partial charge in [-0.05, 0) is 89.5 Å². The minimum atomic E-state index is -0.644. The van der Waals surface area contributed by atoms with Crippen molar-refractivity contribution in [3.8, 4) is 0 Å². The van der Waals surface area contributed by atoms with Gasteiger partial charge in [0.1, 0.15) is 13.2 Å². The van der Waals surface area contributed by atoms with E-state index in [1.807, 2.05) is 0 Å². The maximum Gasteiger partial charge on any atom is 0.305 e. The van der Waals surface area contributed by atoms with Gasteiger partial charge in [0.2, 0.25) is 0 Å². The lowest BCUT2D eigenvalue weighted by Gasteiger charge is -2.22. The zero-order valence-corrected chi connectivity index (χ0v) is 36.6. The van der Waals surface area contributed by atoms with E-state index in [0.717, 1.165) is 71.0 Å². The number of carbonyl (C=O) groups excluding carboxylic acids is 2. The normalized spacial score (nSPS) is 12.2. The summed E-state index contributed by atoms with van der Waals surface area (Å²) < 4.78 is 17.0. The van der Waals surface area contributed by atoms with E-state index in [4.69, 9.17) is 26.4 Å². The van der Waals surface area contributed by atoms with Gasteiger partial charge < -0.3 is 24.4 Å². The number of rotatable bonds is 40. The number of unbranched alkanes of at least 4 members (excludes halogenated alkanes) is 22. The Kier molecular flexibility index (Phi) is 40.7. The van der Waals surface area contributed by atoms with E-state index in [9.17, 15) is 9.59 Å². The predicted octanol–water partition coefficient (Wildman–Crippen LogP) is 12.7. The van der Waals surface area contributed by atoms with Crippen LogP contribution in [0, 0.1) is 0 Å². The third-order valence-electron chi connectivity index (χ3n) is 10.0. The average Bonchev–Trinajstić information content (AvgIpc) is 3.17. The average molecular weight is 779 g/mol. The van der Waals surface area contributed by atoms with Crippen molar-refractivity contribution in [2.75, 3.05) is 39.4 Å². The van der Waals surface area contributed by atoms with E-state index in [1.165, 1.54) is 116 Å². The summed E-state index contributed by atoms with van der Waals surface area (Å²) in [5, 5.41) is 3.36. The fraction of sp³-hybridized carbons (Fsp3) is 0.848.